The van der Waals surface area contributed by atoms with Crippen molar-refractivity contribution in [3.63, 3.8) is 0 Å². The molecule has 0 spiro atoms. The zero-order valence-electron chi connectivity index (χ0n) is 6.86. The molecule has 1 heterocycles. The number of nitrogens with zero attached hydrogens (tertiary/aromatic N) is 1. The molecule has 3 heteroatoms. The molecule has 0 aliphatic heterocycles. The third-order valence-corrected chi connectivity index (χ3v) is 2.88. The van der Waals surface area contributed by atoms with Crippen molar-refractivity contribution in [3.05, 3.63) is 22.2 Å². The molecule has 2 rings (SSSR count). The minimum absolute atomic E-state index is 0.393. The summed E-state index contributed by atoms with van der Waals surface area (Å²) in [5.41, 5.74) is 9.14. The van der Waals surface area contributed by atoms with Crippen LogP contribution in [0.25, 0.3) is 6.08 Å². The molecule has 1 atom stereocenters. The minimum atomic E-state index is 0.393. The average molecular weight is 180 g/mol. The fourth-order valence-electron chi connectivity index (χ4n) is 1.54. The maximum Gasteiger partial charge on any atom is 0.0797 e. The van der Waals surface area contributed by atoms with Crippen LogP contribution in [0.2, 0.25) is 0 Å². The van der Waals surface area contributed by atoms with Crippen molar-refractivity contribution < 1.29 is 0 Å². The van der Waals surface area contributed by atoms with Crippen LogP contribution in [-0.4, -0.2) is 11.0 Å². The summed E-state index contributed by atoms with van der Waals surface area (Å²) in [6, 6.07) is 0.393. The molecule has 1 aromatic heterocycles. The van der Waals surface area contributed by atoms with Gasteiger partial charge in [-0.1, -0.05) is 5.57 Å². The molecule has 0 amide bonds. The Balaban J connectivity index is 2.10. The highest BCUT2D eigenvalue weighted by molar-refractivity contribution is 7.10. The maximum atomic E-state index is 5.80. The zero-order valence-corrected chi connectivity index (χ0v) is 7.68. The molecule has 0 radical (unpaired) electrons. The lowest BCUT2D eigenvalue weighted by molar-refractivity contribution is 0.711. The van der Waals surface area contributed by atoms with Gasteiger partial charge in [-0.15, -0.1) is 11.3 Å². The second-order valence-electron chi connectivity index (χ2n) is 3.21. The number of hydrogen-bond acceptors (Lipinski definition) is 3. The Bertz CT molecular complexity index is 277. The molecule has 0 bridgehead atoms. The highest BCUT2D eigenvalue weighted by Gasteiger charge is 2.14. The van der Waals surface area contributed by atoms with E-state index in [1.165, 1.54) is 16.9 Å². The van der Waals surface area contributed by atoms with Crippen LogP contribution < -0.4 is 5.73 Å². The third kappa shape index (κ3) is 1.73. The van der Waals surface area contributed by atoms with Gasteiger partial charge in [0.15, 0.2) is 0 Å². The van der Waals surface area contributed by atoms with Gasteiger partial charge in [0, 0.05) is 17.1 Å². The van der Waals surface area contributed by atoms with E-state index in [9.17, 15) is 0 Å². The van der Waals surface area contributed by atoms with Gasteiger partial charge in [-0.2, -0.15) is 0 Å². The van der Waals surface area contributed by atoms with Crippen molar-refractivity contribution in [2.45, 2.75) is 25.3 Å². The number of hydrogen-bond donors (Lipinski definition) is 1. The minimum Gasteiger partial charge on any atom is -0.327 e. The van der Waals surface area contributed by atoms with Crippen LogP contribution in [-0.2, 0) is 0 Å². The summed E-state index contributed by atoms with van der Waals surface area (Å²) < 4.78 is 0. The van der Waals surface area contributed by atoms with Gasteiger partial charge in [-0.25, -0.2) is 0 Å². The molecule has 2 N–H and O–H groups in total. The number of nitrogens with two attached hydrogens (primary N) is 1. The first-order valence-electron chi connectivity index (χ1n) is 4.18. The highest BCUT2D eigenvalue weighted by Crippen LogP contribution is 2.26. The summed E-state index contributed by atoms with van der Waals surface area (Å²) in [5.74, 6) is 0. The predicted molar refractivity (Wildman–Crippen MR) is 51.9 cm³/mol. The standard InChI is InChI=1S/C9H12N2S/c10-8-2-1-7(3-8)4-9-5-11-6-12-9/h4-6,8H,1-3,10H2/b7-4+. The Morgan fingerprint density at radius 1 is 1.67 bits per heavy atom. The van der Waals surface area contributed by atoms with Crippen molar-refractivity contribution in [1.82, 2.24) is 4.98 Å². The van der Waals surface area contributed by atoms with Gasteiger partial charge in [0.1, 0.15) is 0 Å². The first-order chi connectivity index (χ1) is 5.84. The van der Waals surface area contributed by atoms with Crippen LogP contribution in [0.3, 0.4) is 0 Å². The van der Waals surface area contributed by atoms with Crippen molar-refractivity contribution in [3.8, 4) is 0 Å². The molecule has 0 aromatic carbocycles. The lowest BCUT2D eigenvalue weighted by atomic mass is 10.2. The van der Waals surface area contributed by atoms with Gasteiger partial charge < -0.3 is 5.73 Å². The summed E-state index contributed by atoms with van der Waals surface area (Å²) in [5, 5.41) is 0. The van der Waals surface area contributed by atoms with E-state index < -0.39 is 0 Å². The molecule has 64 valence electrons. The normalized spacial score (nSPS) is 26.8. The van der Waals surface area contributed by atoms with E-state index in [4.69, 9.17) is 5.73 Å². The first-order valence-corrected chi connectivity index (χ1v) is 5.06. The van der Waals surface area contributed by atoms with Crippen molar-refractivity contribution in [2.75, 3.05) is 0 Å². The first kappa shape index (κ1) is 7.95. The van der Waals surface area contributed by atoms with Gasteiger partial charge in [-0.05, 0) is 25.3 Å². The van der Waals surface area contributed by atoms with Gasteiger partial charge in [0.05, 0.1) is 5.51 Å². The van der Waals surface area contributed by atoms with E-state index in [0.717, 1.165) is 12.8 Å². The molecule has 0 saturated heterocycles. The van der Waals surface area contributed by atoms with Crippen LogP contribution in [0.1, 0.15) is 24.1 Å². The van der Waals surface area contributed by atoms with E-state index in [-0.39, 0.29) is 0 Å². The maximum absolute atomic E-state index is 5.80. The Kier molecular flexibility index (Phi) is 2.23. The van der Waals surface area contributed by atoms with Crippen molar-refractivity contribution in [1.29, 1.82) is 0 Å². The molecule has 1 fully saturated rings. The van der Waals surface area contributed by atoms with E-state index >= 15 is 0 Å². The number of aromatic nitrogens is 1. The Hall–Kier alpha value is -0.670. The SMILES string of the molecule is NC1CC/C(=C\c2cncs2)C1. The molecule has 1 aliphatic rings. The molecule has 1 aliphatic carbocycles. The topological polar surface area (TPSA) is 38.9 Å². The monoisotopic (exact) mass is 180 g/mol. The molecular weight excluding hydrogens is 168 g/mol. The number of thiazole rings is 1. The van der Waals surface area contributed by atoms with Gasteiger partial charge in [-0.3, -0.25) is 4.98 Å². The largest absolute Gasteiger partial charge is 0.327 e. The second-order valence-corrected chi connectivity index (χ2v) is 4.13. The summed E-state index contributed by atoms with van der Waals surface area (Å²) in [6.07, 6.45) is 7.51. The van der Waals surface area contributed by atoms with Crippen LogP contribution in [0.4, 0.5) is 0 Å². The molecule has 12 heavy (non-hydrogen) atoms. The summed E-state index contributed by atoms with van der Waals surface area (Å²) in [6.45, 7) is 0. The smallest absolute Gasteiger partial charge is 0.0797 e. The van der Waals surface area contributed by atoms with Crippen molar-refractivity contribution in [2.24, 2.45) is 5.73 Å². The van der Waals surface area contributed by atoms with Gasteiger partial charge in [0.2, 0.25) is 0 Å². The Morgan fingerprint density at radius 3 is 3.17 bits per heavy atom. The highest BCUT2D eigenvalue weighted by atomic mass is 32.1. The Labute approximate surface area is 76.1 Å². The molecule has 1 unspecified atom stereocenters. The molecule has 1 saturated carbocycles. The lowest BCUT2D eigenvalue weighted by Crippen LogP contribution is -2.13. The van der Waals surface area contributed by atoms with E-state index in [1.54, 1.807) is 11.3 Å². The van der Waals surface area contributed by atoms with Crippen LogP contribution in [0, 0.1) is 0 Å². The molecular formula is C9H12N2S. The number of rotatable bonds is 1. The van der Waals surface area contributed by atoms with E-state index in [2.05, 4.69) is 11.1 Å². The fourth-order valence-corrected chi connectivity index (χ4v) is 2.14. The van der Waals surface area contributed by atoms with E-state index in [0.29, 0.717) is 6.04 Å². The third-order valence-electron chi connectivity index (χ3n) is 2.16. The average Bonchev–Trinajstić information content (AvgIpc) is 2.63. The summed E-state index contributed by atoms with van der Waals surface area (Å²) in [4.78, 5) is 5.28. The van der Waals surface area contributed by atoms with Gasteiger partial charge >= 0.3 is 0 Å². The Morgan fingerprint density at radius 2 is 2.58 bits per heavy atom. The fraction of sp³-hybridized carbons (Fsp3) is 0.444. The lowest BCUT2D eigenvalue weighted by Gasteiger charge is -1.95. The summed E-state index contributed by atoms with van der Waals surface area (Å²) >= 11 is 1.68. The zero-order chi connectivity index (χ0) is 8.39. The van der Waals surface area contributed by atoms with Crippen LogP contribution in [0.5, 0.6) is 0 Å². The van der Waals surface area contributed by atoms with Crippen LogP contribution >= 0.6 is 11.3 Å². The summed E-state index contributed by atoms with van der Waals surface area (Å²) in [7, 11) is 0. The van der Waals surface area contributed by atoms with Crippen molar-refractivity contribution >= 4 is 17.4 Å². The van der Waals surface area contributed by atoms with E-state index in [1.807, 2.05) is 11.7 Å². The quantitative estimate of drug-likeness (QED) is 0.718. The van der Waals surface area contributed by atoms with Gasteiger partial charge in [0.25, 0.3) is 0 Å². The second kappa shape index (κ2) is 3.37. The molecule has 2 nitrogen and oxygen atoms in total. The molecule has 1 aromatic rings. The van der Waals surface area contributed by atoms with Crippen LogP contribution in [0.15, 0.2) is 17.3 Å². The predicted octanol–water partition coefficient (Wildman–Crippen LogP) is 2.04.